The monoisotopic (exact) mass is 384 g/mol. The number of hydrogen-bond donors (Lipinski definition) is 1. The Hall–Kier alpha value is -2.04. The van der Waals surface area contributed by atoms with Crippen LogP contribution in [0.1, 0.15) is 42.4 Å². The second kappa shape index (κ2) is 7.53. The maximum atomic E-state index is 11.9. The minimum Gasteiger partial charge on any atom is -0.479 e. The van der Waals surface area contributed by atoms with E-state index >= 15 is 0 Å². The molecule has 1 atom stereocenters. The third kappa shape index (κ3) is 3.97. The molecule has 0 aromatic heterocycles. The van der Waals surface area contributed by atoms with E-state index in [0.717, 1.165) is 48.9 Å². The van der Waals surface area contributed by atoms with Crippen LogP contribution in [0, 0.1) is 6.92 Å². The first-order valence-electron chi connectivity index (χ1n) is 9.58. The predicted molar refractivity (Wildman–Crippen MR) is 109 cm³/mol. The molecule has 4 rings (SSSR count). The lowest BCUT2D eigenvalue weighted by Gasteiger charge is -2.33. The number of carbonyl (C=O) groups excluding carboxylic acids is 1. The molecule has 2 aliphatic rings. The van der Waals surface area contributed by atoms with Crippen molar-refractivity contribution >= 4 is 23.2 Å². The molecule has 2 aliphatic heterocycles. The Morgan fingerprint density at radius 1 is 1.19 bits per heavy atom. The van der Waals surface area contributed by atoms with E-state index in [0.29, 0.717) is 5.92 Å². The third-order valence-electron chi connectivity index (χ3n) is 5.69. The summed E-state index contributed by atoms with van der Waals surface area (Å²) in [5.74, 6) is 1.29. The van der Waals surface area contributed by atoms with Crippen LogP contribution < -0.4 is 10.1 Å². The zero-order chi connectivity index (χ0) is 19.0. The zero-order valence-corrected chi connectivity index (χ0v) is 16.6. The highest BCUT2D eigenvalue weighted by Gasteiger charge is 2.25. The van der Waals surface area contributed by atoms with Crippen molar-refractivity contribution in [2.24, 2.45) is 0 Å². The summed E-state index contributed by atoms with van der Waals surface area (Å²) < 4.78 is 5.71. The Morgan fingerprint density at radius 3 is 2.59 bits per heavy atom. The number of fused-ring (bicyclic) bond motifs is 1. The number of likely N-dealkylation sites (tertiary alicyclic amines) is 1. The van der Waals surface area contributed by atoms with Gasteiger partial charge in [0.05, 0.1) is 5.69 Å². The smallest absolute Gasteiger partial charge is 0.265 e. The highest BCUT2D eigenvalue weighted by Crippen LogP contribution is 2.34. The number of amides is 1. The first kappa shape index (κ1) is 18.3. The lowest BCUT2D eigenvalue weighted by atomic mass is 9.89. The Labute approximate surface area is 165 Å². The molecule has 0 radical (unpaired) electrons. The van der Waals surface area contributed by atoms with Crippen LogP contribution in [0.2, 0.25) is 5.02 Å². The number of nitrogens with zero attached hydrogens (tertiary/aromatic N) is 1. The van der Waals surface area contributed by atoms with Gasteiger partial charge in [0.1, 0.15) is 5.75 Å². The van der Waals surface area contributed by atoms with Crippen molar-refractivity contribution in [3.8, 4) is 5.75 Å². The Bertz CT molecular complexity index is 842. The summed E-state index contributed by atoms with van der Waals surface area (Å²) >= 11 is 6.00. The van der Waals surface area contributed by atoms with E-state index in [-0.39, 0.29) is 5.91 Å². The number of nitrogens with one attached hydrogen (secondary N) is 1. The fourth-order valence-corrected chi connectivity index (χ4v) is 4.10. The Kier molecular flexibility index (Phi) is 5.11. The zero-order valence-electron chi connectivity index (χ0n) is 15.8. The number of carbonyl (C=O) groups is 1. The lowest BCUT2D eigenvalue weighted by molar-refractivity contribution is -0.122. The standard InChI is InChI=1S/C22H25ClN2O2/c1-14-11-21-20(24-22(26)15(2)27-21)12-18(14)13-25-9-7-17(8-10-25)16-3-5-19(23)6-4-16/h3-6,11-12,15,17H,7-10,13H2,1-2H3,(H,24,26). The summed E-state index contributed by atoms with van der Waals surface area (Å²) in [4.78, 5) is 14.4. The molecule has 5 heteroatoms. The van der Waals surface area contributed by atoms with E-state index < -0.39 is 6.10 Å². The minimum absolute atomic E-state index is 0.0823. The molecule has 0 bridgehead atoms. The molecular formula is C22H25ClN2O2. The van der Waals surface area contributed by atoms with Crippen molar-refractivity contribution in [1.29, 1.82) is 0 Å². The molecule has 2 aromatic carbocycles. The van der Waals surface area contributed by atoms with Gasteiger partial charge in [-0.15, -0.1) is 0 Å². The van der Waals surface area contributed by atoms with Gasteiger partial charge >= 0.3 is 0 Å². The number of aryl methyl sites for hydroxylation is 1. The van der Waals surface area contributed by atoms with Crippen LogP contribution in [0.15, 0.2) is 36.4 Å². The van der Waals surface area contributed by atoms with E-state index in [9.17, 15) is 4.79 Å². The van der Waals surface area contributed by atoms with Crippen LogP contribution in [-0.4, -0.2) is 30.0 Å². The molecule has 1 unspecified atom stereocenters. The van der Waals surface area contributed by atoms with Gasteiger partial charge in [0.15, 0.2) is 6.10 Å². The van der Waals surface area contributed by atoms with Gasteiger partial charge in [-0.3, -0.25) is 9.69 Å². The first-order chi connectivity index (χ1) is 13.0. The SMILES string of the molecule is Cc1cc2c(cc1CN1CCC(c3ccc(Cl)cc3)CC1)NC(=O)C(C)O2. The van der Waals surface area contributed by atoms with Crippen molar-refractivity contribution < 1.29 is 9.53 Å². The number of halogens is 1. The van der Waals surface area contributed by atoms with Gasteiger partial charge in [-0.25, -0.2) is 0 Å². The molecule has 4 nitrogen and oxygen atoms in total. The Morgan fingerprint density at radius 2 is 1.89 bits per heavy atom. The van der Waals surface area contributed by atoms with Crippen LogP contribution in [0.3, 0.4) is 0 Å². The van der Waals surface area contributed by atoms with Gasteiger partial charge in [-0.1, -0.05) is 23.7 Å². The fraction of sp³-hybridized carbons (Fsp3) is 0.409. The molecule has 0 saturated carbocycles. The van der Waals surface area contributed by atoms with E-state index in [1.165, 1.54) is 16.7 Å². The largest absolute Gasteiger partial charge is 0.479 e. The molecule has 1 fully saturated rings. The van der Waals surface area contributed by atoms with Crippen molar-refractivity contribution in [1.82, 2.24) is 4.90 Å². The summed E-state index contributed by atoms with van der Waals surface area (Å²) in [5, 5.41) is 3.75. The predicted octanol–water partition coefficient (Wildman–Crippen LogP) is 4.75. The molecule has 0 aliphatic carbocycles. The van der Waals surface area contributed by atoms with Crippen LogP contribution in [0.4, 0.5) is 5.69 Å². The number of anilines is 1. The van der Waals surface area contributed by atoms with E-state index in [4.69, 9.17) is 16.3 Å². The van der Waals surface area contributed by atoms with Crippen molar-refractivity contribution in [3.05, 3.63) is 58.1 Å². The maximum absolute atomic E-state index is 11.9. The van der Waals surface area contributed by atoms with Crippen LogP contribution >= 0.6 is 11.6 Å². The molecular weight excluding hydrogens is 360 g/mol. The summed E-state index contributed by atoms with van der Waals surface area (Å²) in [6.07, 6.45) is 1.88. The van der Waals surface area contributed by atoms with Gasteiger partial charge < -0.3 is 10.1 Å². The van der Waals surface area contributed by atoms with Crippen LogP contribution in [0.5, 0.6) is 5.75 Å². The van der Waals surface area contributed by atoms with Crippen molar-refractivity contribution in [2.45, 2.75) is 45.3 Å². The molecule has 27 heavy (non-hydrogen) atoms. The molecule has 1 amide bonds. The number of ether oxygens (including phenoxy) is 1. The highest BCUT2D eigenvalue weighted by atomic mass is 35.5. The van der Waals surface area contributed by atoms with Gasteiger partial charge in [0.25, 0.3) is 5.91 Å². The molecule has 1 saturated heterocycles. The van der Waals surface area contributed by atoms with E-state index in [1.54, 1.807) is 6.92 Å². The summed E-state index contributed by atoms with van der Waals surface area (Å²) in [5.41, 5.74) is 4.63. The van der Waals surface area contributed by atoms with Gasteiger partial charge in [0.2, 0.25) is 0 Å². The number of hydrogen-bond acceptors (Lipinski definition) is 3. The number of piperidine rings is 1. The number of rotatable bonds is 3. The first-order valence-corrected chi connectivity index (χ1v) is 9.96. The molecule has 1 N–H and O–H groups in total. The average Bonchev–Trinajstić information content (AvgIpc) is 2.65. The summed E-state index contributed by atoms with van der Waals surface area (Å²) in [6.45, 7) is 6.93. The maximum Gasteiger partial charge on any atom is 0.265 e. The minimum atomic E-state index is -0.436. The quantitative estimate of drug-likeness (QED) is 0.830. The van der Waals surface area contributed by atoms with E-state index in [2.05, 4.69) is 35.3 Å². The van der Waals surface area contributed by atoms with Crippen LogP contribution in [-0.2, 0) is 11.3 Å². The average molecular weight is 385 g/mol. The van der Waals surface area contributed by atoms with E-state index in [1.807, 2.05) is 18.2 Å². The second-order valence-electron chi connectivity index (χ2n) is 7.63. The fourth-order valence-electron chi connectivity index (χ4n) is 3.97. The topological polar surface area (TPSA) is 41.6 Å². The van der Waals surface area contributed by atoms with Gasteiger partial charge in [0, 0.05) is 11.6 Å². The van der Waals surface area contributed by atoms with Gasteiger partial charge in [-0.2, -0.15) is 0 Å². The van der Waals surface area contributed by atoms with Crippen molar-refractivity contribution in [3.63, 3.8) is 0 Å². The molecule has 2 aromatic rings. The Balaban J connectivity index is 1.41. The molecule has 2 heterocycles. The highest BCUT2D eigenvalue weighted by molar-refractivity contribution is 6.30. The van der Waals surface area contributed by atoms with Crippen LogP contribution in [0.25, 0.3) is 0 Å². The summed E-state index contributed by atoms with van der Waals surface area (Å²) in [6, 6.07) is 12.4. The summed E-state index contributed by atoms with van der Waals surface area (Å²) in [7, 11) is 0. The van der Waals surface area contributed by atoms with Crippen molar-refractivity contribution in [2.75, 3.05) is 18.4 Å². The lowest BCUT2D eigenvalue weighted by Crippen LogP contribution is -2.35. The molecule has 0 spiro atoms. The second-order valence-corrected chi connectivity index (χ2v) is 8.06. The normalized spacial score (nSPS) is 20.7. The number of benzene rings is 2. The van der Waals surface area contributed by atoms with Gasteiger partial charge in [-0.05, 0) is 86.7 Å². The molecule has 142 valence electrons. The third-order valence-corrected chi connectivity index (χ3v) is 5.94.